The van der Waals surface area contributed by atoms with Crippen molar-refractivity contribution in [3.8, 4) is 0 Å². The van der Waals surface area contributed by atoms with Gasteiger partial charge in [0.1, 0.15) is 5.82 Å². The number of aromatic nitrogens is 1. The van der Waals surface area contributed by atoms with Crippen molar-refractivity contribution in [2.45, 2.75) is 19.4 Å². The van der Waals surface area contributed by atoms with E-state index in [2.05, 4.69) is 62.0 Å². The van der Waals surface area contributed by atoms with Gasteiger partial charge in [0, 0.05) is 23.8 Å². The second-order valence-corrected chi connectivity index (χ2v) is 6.46. The van der Waals surface area contributed by atoms with Crippen LogP contribution in [0.15, 0.2) is 21.2 Å². The highest BCUT2D eigenvalue weighted by Crippen LogP contribution is 2.27. The topological polar surface area (TPSA) is 16.1 Å². The second-order valence-electron chi connectivity index (χ2n) is 3.70. The second kappa shape index (κ2) is 6.87. The lowest BCUT2D eigenvalue weighted by molar-refractivity contribution is 0.661. The van der Waals surface area contributed by atoms with Crippen molar-refractivity contribution in [2.24, 2.45) is 0 Å². The molecule has 0 radical (unpaired) electrons. The molecule has 0 saturated carbocycles. The number of pyridine rings is 1. The van der Waals surface area contributed by atoms with Crippen LogP contribution in [0, 0.1) is 0 Å². The highest BCUT2D eigenvalue weighted by molar-refractivity contribution is 9.11. The van der Waals surface area contributed by atoms with Gasteiger partial charge in [0.15, 0.2) is 0 Å². The van der Waals surface area contributed by atoms with Gasteiger partial charge in [0.25, 0.3) is 0 Å². The van der Waals surface area contributed by atoms with Gasteiger partial charge in [0.05, 0.1) is 4.47 Å². The van der Waals surface area contributed by atoms with E-state index in [1.165, 1.54) is 12.2 Å². The first-order chi connectivity index (χ1) is 7.56. The van der Waals surface area contributed by atoms with E-state index in [4.69, 9.17) is 0 Å². The Morgan fingerprint density at radius 1 is 1.50 bits per heavy atom. The van der Waals surface area contributed by atoms with E-state index in [1.807, 2.05) is 24.0 Å². The van der Waals surface area contributed by atoms with Crippen LogP contribution in [0.2, 0.25) is 0 Å². The zero-order valence-electron chi connectivity index (χ0n) is 9.70. The first kappa shape index (κ1) is 14.3. The molecule has 1 rings (SSSR count). The first-order valence-electron chi connectivity index (χ1n) is 5.09. The molecular formula is C11H16Br2N2S. The van der Waals surface area contributed by atoms with Crippen molar-refractivity contribution in [3.63, 3.8) is 0 Å². The Labute approximate surface area is 118 Å². The Bertz CT molecular complexity index is 347. The highest BCUT2D eigenvalue weighted by Gasteiger charge is 2.13. The molecule has 0 aliphatic heterocycles. The molecule has 0 saturated heterocycles. The quantitative estimate of drug-likeness (QED) is 0.776. The van der Waals surface area contributed by atoms with E-state index >= 15 is 0 Å². The normalized spacial score (nSPS) is 12.6. The summed E-state index contributed by atoms with van der Waals surface area (Å²) in [5.41, 5.74) is 0. The molecule has 1 atom stereocenters. The van der Waals surface area contributed by atoms with Crippen molar-refractivity contribution in [2.75, 3.05) is 24.0 Å². The average molecular weight is 368 g/mol. The van der Waals surface area contributed by atoms with Gasteiger partial charge >= 0.3 is 0 Å². The summed E-state index contributed by atoms with van der Waals surface area (Å²) in [6.07, 6.45) is 5.14. The van der Waals surface area contributed by atoms with Crippen LogP contribution >= 0.6 is 43.6 Å². The van der Waals surface area contributed by atoms with Crippen LogP contribution in [0.1, 0.15) is 13.3 Å². The first-order valence-corrected chi connectivity index (χ1v) is 8.07. The largest absolute Gasteiger partial charge is 0.356 e. The van der Waals surface area contributed by atoms with E-state index < -0.39 is 0 Å². The van der Waals surface area contributed by atoms with E-state index in [9.17, 15) is 0 Å². The van der Waals surface area contributed by atoms with Gasteiger partial charge in [0.2, 0.25) is 0 Å². The van der Waals surface area contributed by atoms with Gasteiger partial charge in [-0.05, 0) is 63.3 Å². The van der Waals surface area contributed by atoms with Gasteiger partial charge in [-0.25, -0.2) is 4.98 Å². The van der Waals surface area contributed by atoms with E-state index in [1.54, 1.807) is 0 Å². The Hall–Kier alpha value is 0.260. The summed E-state index contributed by atoms with van der Waals surface area (Å²) in [6, 6.07) is 2.53. The number of anilines is 1. The van der Waals surface area contributed by atoms with Crippen LogP contribution < -0.4 is 4.90 Å². The summed E-state index contributed by atoms with van der Waals surface area (Å²) in [4.78, 5) is 6.65. The van der Waals surface area contributed by atoms with Gasteiger partial charge in [-0.1, -0.05) is 0 Å². The van der Waals surface area contributed by atoms with Crippen molar-refractivity contribution in [1.29, 1.82) is 0 Å². The minimum absolute atomic E-state index is 0.498. The highest BCUT2D eigenvalue weighted by atomic mass is 79.9. The molecule has 0 fully saturated rings. The standard InChI is InChI=1S/C11H16Br2N2S/c1-8(4-5-16-3)15(2)11-10(13)6-9(12)7-14-11/h6-8H,4-5H2,1-3H3. The van der Waals surface area contributed by atoms with Crippen LogP contribution in [-0.2, 0) is 0 Å². The molecule has 0 amide bonds. The Kier molecular flexibility index (Phi) is 6.15. The fourth-order valence-electron chi connectivity index (χ4n) is 1.36. The van der Waals surface area contributed by atoms with E-state index in [0.29, 0.717) is 6.04 Å². The molecular weight excluding hydrogens is 352 g/mol. The lowest BCUT2D eigenvalue weighted by Gasteiger charge is -2.26. The molecule has 0 aromatic carbocycles. The van der Waals surface area contributed by atoms with Gasteiger partial charge in [-0.15, -0.1) is 0 Å². The maximum atomic E-state index is 4.43. The minimum Gasteiger partial charge on any atom is -0.356 e. The van der Waals surface area contributed by atoms with Gasteiger partial charge in [-0.2, -0.15) is 11.8 Å². The molecule has 1 heterocycles. The Balaban J connectivity index is 2.75. The molecule has 1 unspecified atom stereocenters. The lowest BCUT2D eigenvalue weighted by Crippen LogP contribution is -2.30. The predicted molar refractivity (Wildman–Crippen MR) is 80.5 cm³/mol. The summed E-state index contributed by atoms with van der Waals surface area (Å²) in [5, 5.41) is 0. The monoisotopic (exact) mass is 366 g/mol. The lowest BCUT2D eigenvalue weighted by atomic mass is 10.2. The van der Waals surface area contributed by atoms with Gasteiger partial charge in [-0.3, -0.25) is 0 Å². The van der Waals surface area contributed by atoms with Crippen molar-refractivity contribution >= 4 is 49.4 Å². The number of hydrogen-bond acceptors (Lipinski definition) is 3. The van der Waals surface area contributed by atoms with Crippen LogP contribution in [0.4, 0.5) is 5.82 Å². The molecule has 0 bridgehead atoms. The third kappa shape index (κ3) is 3.93. The third-order valence-corrected chi connectivity index (χ3v) is 4.18. The zero-order chi connectivity index (χ0) is 12.1. The summed E-state index contributed by atoms with van der Waals surface area (Å²) < 4.78 is 2.02. The summed E-state index contributed by atoms with van der Waals surface area (Å²) in [5.74, 6) is 2.18. The van der Waals surface area contributed by atoms with Crippen LogP contribution in [-0.4, -0.2) is 30.1 Å². The Morgan fingerprint density at radius 2 is 2.19 bits per heavy atom. The molecule has 16 heavy (non-hydrogen) atoms. The smallest absolute Gasteiger partial charge is 0.142 e. The maximum absolute atomic E-state index is 4.43. The summed E-state index contributed by atoms with van der Waals surface area (Å²) in [6.45, 7) is 2.23. The average Bonchev–Trinajstić information content (AvgIpc) is 2.25. The van der Waals surface area contributed by atoms with Gasteiger partial charge < -0.3 is 4.90 Å². The number of thioether (sulfide) groups is 1. The van der Waals surface area contributed by atoms with Crippen LogP contribution in [0.3, 0.4) is 0 Å². The number of rotatable bonds is 5. The van der Waals surface area contributed by atoms with Crippen LogP contribution in [0.25, 0.3) is 0 Å². The fraction of sp³-hybridized carbons (Fsp3) is 0.545. The molecule has 1 aromatic heterocycles. The van der Waals surface area contributed by atoms with Crippen molar-refractivity contribution < 1.29 is 0 Å². The van der Waals surface area contributed by atoms with E-state index in [0.717, 1.165) is 14.8 Å². The molecule has 5 heteroatoms. The SMILES string of the molecule is CSCCC(C)N(C)c1ncc(Br)cc1Br. The fourth-order valence-corrected chi connectivity index (χ4v) is 3.20. The van der Waals surface area contributed by atoms with Crippen molar-refractivity contribution in [1.82, 2.24) is 4.98 Å². The maximum Gasteiger partial charge on any atom is 0.142 e. The van der Waals surface area contributed by atoms with E-state index in [-0.39, 0.29) is 0 Å². The van der Waals surface area contributed by atoms with Crippen LogP contribution in [0.5, 0.6) is 0 Å². The Morgan fingerprint density at radius 3 is 2.75 bits per heavy atom. The summed E-state index contributed by atoms with van der Waals surface area (Å²) in [7, 11) is 2.09. The number of halogens is 2. The molecule has 0 spiro atoms. The number of nitrogens with zero attached hydrogens (tertiary/aromatic N) is 2. The van der Waals surface area contributed by atoms with Crippen molar-refractivity contribution in [3.05, 3.63) is 21.2 Å². The minimum atomic E-state index is 0.498. The molecule has 1 aromatic rings. The number of hydrogen-bond donors (Lipinski definition) is 0. The molecule has 2 nitrogen and oxygen atoms in total. The molecule has 0 N–H and O–H groups in total. The molecule has 0 aliphatic carbocycles. The molecule has 90 valence electrons. The summed E-state index contributed by atoms with van der Waals surface area (Å²) >= 11 is 8.84. The predicted octanol–water partition coefficient (Wildman–Crippen LogP) is 4.18. The zero-order valence-corrected chi connectivity index (χ0v) is 13.7. The molecule has 0 aliphatic rings. The third-order valence-electron chi connectivity index (χ3n) is 2.52.